The Kier molecular flexibility index (Phi) is 3.54. The number of aliphatic imine (C=N–C) groups is 1. The molecule has 2 unspecified atom stereocenters. The fourth-order valence-corrected chi connectivity index (χ4v) is 2.55. The van der Waals surface area contributed by atoms with E-state index in [1.54, 1.807) is 0 Å². The predicted octanol–water partition coefficient (Wildman–Crippen LogP) is 3.01. The molecule has 2 aliphatic heterocycles. The first kappa shape index (κ1) is 11.5. The molecule has 0 aromatic carbocycles. The van der Waals surface area contributed by atoms with E-state index in [4.69, 9.17) is 0 Å². The topological polar surface area (TPSA) is 15.6 Å². The molecule has 0 fully saturated rings. The molecule has 0 spiro atoms. The molecule has 2 nitrogen and oxygen atoms in total. The van der Waals surface area contributed by atoms with Crippen LogP contribution in [0.5, 0.6) is 0 Å². The second kappa shape index (κ2) is 4.91. The van der Waals surface area contributed by atoms with Gasteiger partial charge >= 0.3 is 0 Å². The van der Waals surface area contributed by atoms with Crippen LogP contribution >= 0.6 is 12.6 Å². The Morgan fingerprint density at radius 2 is 2.38 bits per heavy atom. The lowest BCUT2D eigenvalue weighted by molar-refractivity contribution is 0.299. The predicted molar refractivity (Wildman–Crippen MR) is 72.7 cm³/mol. The van der Waals surface area contributed by atoms with Crippen LogP contribution in [0.15, 0.2) is 39.9 Å². The lowest BCUT2D eigenvalue weighted by Gasteiger charge is -2.22. The van der Waals surface area contributed by atoms with E-state index in [-0.39, 0.29) is 6.17 Å². The molecule has 2 aliphatic rings. The van der Waals surface area contributed by atoms with Gasteiger partial charge in [0, 0.05) is 30.3 Å². The Morgan fingerprint density at radius 1 is 1.56 bits per heavy atom. The Balaban J connectivity index is 2.15. The zero-order valence-corrected chi connectivity index (χ0v) is 10.7. The quantitative estimate of drug-likeness (QED) is 0.586. The van der Waals surface area contributed by atoms with Gasteiger partial charge in [0.15, 0.2) is 0 Å². The highest BCUT2D eigenvalue weighted by Gasteiger charge is 2.32. The van der Waals surface area contributed by atoms with Crippen LogP contribution in [0.2, 0.25) is 0 Å². The first-order valence-corrected chi connectivity index (χ1v) is 6.15. The van der Waals surface area contributed by atoms with E-state index in [1.807, 2.05) is 6.21 Å². The molecule has 86 valence electrons. The maximum atomic E-state index is 4.59. The summed E-state index contributed by atoms with van der Waals surface area (Å²) < 4.78 is 0. The molecule has 2 atom stereocenters. The minimum Gasteiger partial charge on any atom is -0.358 e. The number of hydrogen-bond acceptors (Lipinski definition) is 3. The van der Waals surface area contributed by atoms with Crippen LogP contribution in [-0.4, -0.2) is 24.3 Å². The van der Waals surface area contributed by atoms with Crippen LogP contribution in [0.25, 0.3) is 0 Å². The van der Waals surface area contributed by atoms with Crippen molar-refractivity contribution < 1.29 is 0 Å². The molecule has 2 heterocycles. The van der Waals surface area contributed by atoms with Crippen LogP contribution < -0.4 is 0 Å². The second-order valence-corrected chi connectivity index (χ2v) is 4.82. The third-order valence-corrected chi connectivity index (χ3v) is 3.36. The van der Waals surface area contributed by atoms with Crippen molar-refractivity contribution in [1.82, 2.24) is 4.90 Å². The van der Waals surface area contributed by atoms with Crippen LogP contribution in [0.1, 0.15) is 19.8 Å². The molecule has 0 aromatic rings. The van der Waals surface area contributed by atoms with Gasteiger partial charge in [-0.1, -0.05) is 12.2 Å². The summed E-state index contributed by atoms with van der Waals surface area (Å²) in [6.07, 6.45) is 13.1. The Hall–Kier alpha value is -0.960. The second-order valence-electron chi connectivity index (χ2n) is 4.31. The van der Waals surface area contributed by atoms with Gasteiger partial charge in [0.25, 0.3) is 0 Å². The van der Waals surface area contributed by atoms with Gasteiger partial charge in [-0.2, -0.15) is 0 Å². The van der Waals surface area contributed by atoms with Crippen LogP contribution in [0.3, 0.4) is 0 Å². The van der Waals surface area contributed by atoms with Crippen molar-refractivity contribution >= 4 is 18.8 Å². The smallest absolute Gasteiger partial charge is 0.127 e. The highest BCUT2D eigenvalue weighted by atomic mass is 32.1. The van der Waals surface area contributed by atoms with Gasteiger partial charge in [-0.3, -0.25) is 4.99 Å². The Bertz CT molecular complexity index is 379. The van der Waals surface area contributed by atoms with Crippen LogP contribution in [0, 0.1) is 5.92 Å². The summed E-state index contributed by atoms with van der Waals surface area (Å²) >= 11 is 4.38. The van der Waals surface area contributed by atoms with E-state index < -0.39 is 0 Å². The SMILES string of the molecule is C/C=C\CCC1C2=CN(C)C1N=CC(S)=C2. The van der Waals surface area contributed by atoms with Crippen LogP contribution in [-0.2, 0) is 0 Å². The molecule has 2 rings (SSSR count). The summed E-state index contributed by atoms with van der Waals surface area (Å²) in [5, 5.41) is 0. The van der Waals surface area contributed by atoms with Crippen molar-refractivity contribution in [3.8, 4) is 0 Å². The van der Waals surface area contributed by atoms with Gasteiger partial charge in [-0.25, -0.2) is 0 Å². The summed E-state index contributed by atoms with van der Waals surface area (Å²) in [6, 6.07) is 0. The number of thiol groups is 1. The fraction of sp³-hybridized carbons (Fsp3) is 0.462. The van der Waals surface area contributed by atoms with Crippen LogP contribution in [0.4, 0.5) is 0 Å². The molecule has 3 heteroatoms. The molecular weight excluding hydrogens is 216 g/mol. The largest absolute Gasteiger partial charge is 0.358 e. The van der Waals surface area contributed by atoms with E-state index in [0.717, 1.165) is 17.7 Å². The molecule has 0 N–H and O–H groups in total. The van der Waals surface area contributed by atoms with Crippen molar-refractivity contribution in [2.24, 2.45) is 10.9 Å². The maximum absolute atomic E-state index is 4.59. The van der Waals surface area contributed by atoms with Crippen molar-refractivity contribution in [1.29, 1.82) is 0 Å². The highest BCUT2D eigenvalue weighted by molar-refractivity contribution is 7.85. The number of fused-ring (bicyclic) bond motifs is 2. The monoisotopic (exact) mass is 234 g/mol. The lowest BCUT2D eigenvalue weighted by atomic mass is 9.94. The molecule has 16 heavy (non-hydrogen) atoms. The first-order chi connectivity index (χ1) is 7.72. The standard InChI is InChI=1S/C13H18N2S/c1-3-4-5-6-12-10-7-11(16)8-14-13(12)15(2)9-10/h3-4,7-9,12-13,16H,5-6H2,1-2H3/b4-3-. The van der Waals surface area contributed by atoms with Gasteiger partial charge in [0.05, 0.1) is 0 Å². The number of rotatable bonds is 3. The molecule has 0 aromatic heterocycles. The molecule has 2 bridgehead atoms. The van der Waals surface area contributed by atoms with E-state index in [1.165, 1.54) is 5.57 Å². The molecule has 0 saturated heterocycles. The Morgan fingerprint density at radius 3 is 3.12 bits per heavy atom. The lowest BCUT2D eigenvalue weighted by Crippen LogP contribution is -2.27. The van der Waals surface area contributed by atoms with Gasteiger partial charge in [-0.15, -0.1) is 12.6 Å². The third-order valence-electron chi connectivity index (χ3n) is 3.11. The minimum absolute atomic E-state index is 0.265. The normalized spacial score (nSPS) is 28.3. The van der Waals surface area contributed by atoms with Crippen molar-refractivity contribution in [2.75, 3.05) is 7.05 Å². The van der Waals surface area contributed by atoms with Gasteiger partial charge in [0.2, 0.25) is 0 Å². The molecular formula is C13H18N2S. The third kappa shape index (κ3) is 2.24. The summed E-state index contributed by atoms with van der Waals surface area (Å²) in [7, 11) is 2.09. The van der Waals surface area contributed by atoms with Gasteiger partial charge in [-0.05, 0) is 31.4 Å². The average molecular weight is 234 g/mol. The molecule has 0 radical (unpaired) electrons. The number of hydrogen-bond donors (Lipinski definition) is 1. The van der Waals surface area contributed by atoms with Crippen molar-refractivity contribution in [3.63, 3.8) is 0 Å². The molecule has 0 aliphatic carbocycles. The maximum Gasteiger partial charge on any atom is 0.127 e. The average Bonchev–Trinajstić information content (AvgIpc) is 2.41. The number of allylic oxidation sites excluding steroid dienone is 4. The zero-order valence-electron chi connectivity index (χ0n) is 9.80. The fourth-order valence-electron chi connectivity index (χ4n) is 2.34. The summed E-state index contributed by atoms with van der Waals surface area (Å²) in [4.78, 5) is 7.74. The summed E-state index contributed by atoms with van der Waals surface area (Å²) in [6.45, 7) is 2.07. The molecule has 0 saturated carbocycles. The van der Waals surface area contributed by atoms with E-state index >= 15 is 0 Å². The minimum atomic E-state index is 0.265. The van der Waals surface area contributed by atoms with E-state index in [2.05, 4.69) is 60.9 Å². The van der Waals surface area contributed by atoms with Gasteiger partial charge < -0.3 is 4.90 Å². The zero-order chi connectivity index (χ0) is 11.5. The molecule has 0 amide bonds. The first-order valence-electron chi connectivity index (χ1n) is 5.71. The van der Waals surface area contributed by atoms with Gasteiger partial charge in [0.1, 0.15) is 6.17 Å². The summed E-state index contributed by atoms with van der Waals surface area (Å²) in [5.74, 6) is 0.516. The highest BCUT2D eigenvalue weighted by Crippen LogP contribution is 2.35. The van der Waals surface area contributed by atoms with Crippen molar-refractivity contribution in [2.45, 2.75) is 25.9 Å². The number of nitrogens with zero attached hydrogens (tertiary/aromatic N) is 2. The van der Waals surface area contributed by atoms with E-state index in [0.29, 0.717) is 5.92 Å². The van der Waals surface area contributed by atoms with Crippen molar-refractivity contribution in [3.05, 3.63) is 34.9 Å². The summed E-state index contributed by atoms with van der Waals surface area (Å²) in [5.41, 5.74) is 1.36. The Labute approximate surface area is 103 Å². The van der Waals surface area contributed by atoms with E-state index in [9.17, 15) is 0 Å².